The summed E-state index contributed by atoms with van der Waals surface area (Å²) < 4.78 is 0. The molecule has 0 unspecified atom stereocenters. The average Bonchev–Trinajstić information content (AvgIpc) is 2.77. The van der Waals surface area contributed by atoms with Crippen molar-refractivity contribution in [2.24, 2.45) is 0 Å². The summed E-state index contributed by atoms with van der Waals surface area (Å²) in [4.78, 5) is 13.5. The van der Waals surface area contributed by atoms with Gasteiger partial charge in [0.1, 0.15) is 0 Å². The predicted octanol–water partition coefficient (Wildman–Crippen LogP) is 0.578. The second kappa shape index (κ2) is 4.65. The third kappa shape index (κ3) is 2.09. The number of hydrogen-bond donors (Lipinski definition) is 2. The quantitative estimate of drug-likeness (QED) is 0.769. The molecule has 0 aliphatic carbocycles. The molecule has 2 heterocycles. The van der Waals surface area contributed by atoms with Crippen LogP contribution < -0.4 is 5.32 Å². The molecule has 1 aliphatic heterocycles. The van der Waals surface area contributed by atoms with Gasteiger partial charge in [0.2, 0.25) is 0 Å². The van der Waals surface area contributed by atoms with E-state index in [9.17, 15) is 4.79 Å². The molecule has 0 spiro atoms. The third-order valence-corrected chi connectivity index (χ3v) is 3.01. The summed E-state index contributed by atoms with van der Waals surface area (Å²) in [5.41, 5.74) is 1.68. The molecule has 0 bridgehead atoms. The van der Waals surface area contributed by atoms with Crippen LogP contribution in [-0.2, 0) is 0 Å². The van der Waals surface area contributed by atoms with Gasteiger partial charge in [0, 0.05) is 26.6 Å². The fourth-order valence-corrected chi connectivity index (χ4v) is 2.12. The van der Waals surface area contributed by atoms with Crippen LogP contribution in [0.5, 0.6) is 0 Å². The van der Waals surface area contributed by atoms with E-state index >= 15 is 0 Å². The lowest BCUT2D eigenvalue weighted by Crippen LogP contribution is -2.30. The minimum atomic E-state index is 0.0225. The van der Waals surface area contributed by atoms with Gasteiger partial charge in [-0.2, -0.15) is 5.10 Å². The topological polar surface area (TPSA) is 61.0 Å². The van der Waals surface area contributed by atoms with E-state index in [0.717, 1.165) is 31.6 Å². The van der Waals surface area contributed by atoms with E-state index in [1.165, 1.54) is 0 Å². The summed E-state index contributed by atoms with van der Waals surface area (Å²) in [6.45, 7) is 2.00. The van der Waals surface area contributed by atoms with Crippen molar-refractivity contribution in [3.05, 3.63) is 17.5 Å². The van der Waals surface area contributed by atoms with Crippen molar-refractivity contribution in [2.75, 3.05) is 27.2 Å². The lowest BCUT2D eigenvalue weighted by atomic mass is 9.93. The first-order chi connectivity index (χ1) is 7.70. The minimum absolute atomic E-state index is 0.0225. The van der Waals surface area contributed by atoms with Crippen LogP contribution in [0.25, 0.3) is 0 Å². The number of hydrogen-bond acceptors (Lipinski definition) is 3. The Kier molecular flexibility index (Phi) is 3.24. The molecular formula is C11H18N4O. The number of H-pyrrole nitrogens is 1. The van der Waals surface area contributed by atoms with Crippen LogP contribution in [0.4, 0.5) is 0 Å². The molecule has 0 aromatic carbocycles. The van der Waals surface area contributed by atoms with E-state index < -0.39 is 0 Å². The summed E-state index contributed by atoms with van der Waals surface area (Å²) in [5.74, 6) is 0.407. The molecule has 1 saturated heterocycles. The van der Waals surface area contributed by atoms with E-state index in [0.29, 0.717) is 11.5 Å². The number of nitrogens with zero attached hydrogens (tertiary/aromatic N) is 2. The van der Waals surface area contributed by atoms with E-state index in [2.05, 4.69) is 15.5 Å². The Morgan fingerprint density at radius 1 is 1.56 bits per heavy atom. The zero-order valence-electron chi connectivity index (χ0n) is 9.79. The zero-order chi connectivity index (χ0) is 11.5. The Labute approximate surface area is 95.2 Å². The van der Waals surface area contributed by atoms with Gasteiger partial charge in [0.15, 0.2) is 0 Å². The van der Waals surface area contributed by atoms with Crippen molar-refractivity contribution in [1.82, 2.24) is 20.4 Å². The highest BCUT2D eigenvalue weighted by Gasteiger charge is 2.23. The van der Waals surface area contributed by atoms with Gasteiger partial charge in [0.25, 0.3) is 5.91 Å². The summed E-state index contributed by atoms with van der Waals surface area (Å²) in [7, 11) is 3.52. The summed E-state index contributed by atoms with van der Waals surface area (Å²) >= 11 is 0. The van der Waals surface area contributed by atoms with E-state index in [4.69, 9.17) is 0 Å². The Hall–Kier alpha value is -1.36. The number of amides is 1. The van der Waals surface area contributed by atoms with Crippen molar-refractivity contribution in [3.63, 3.8) is 0 Å². The lowest BCUT2D eigenvalue weighted by Gasteiger charge is -2.23. The molecule has 1 aromatic heterocycles. The number of piperidine rings is 1. The van der Waals surface area contributed by atoms with Gasteiger partial charge in [-0.25, -0.2) is 0 Å². The molecule has 16 heavy (non-hydrogen) atoms. The number of carbonyl (C=O) groups excluding carboxylic acids is 1. The molecule has 5 heteroatoms. The highest BCUT2D eigenvalue weighted by Crippen LogP contribution is 2.24. The number of aromatic amines is 1. The molecule has 1 aromatic rings. The highest BCUT2D eigenvalue weighted by atomic mass is 16.2. The maximum Gasteiger partial charge on any atom is 0.256 e. The van der Waals surface area contributed by atoms with Crippen LogP contribution in [0.2, 0.25) is 0 Å². The van der Waals surface area contributed by atoms with E-state index in [1.807, 2.05) is 0 Å². The van der Waals surface area contributed by atoms with Crippen LogP contribution in [0, 0.1) is 0 Å². The van der Waals surface area contributed by atoms with Gasteiger partial charge in [-0.3, -0.25) is 9.89 Å². The van der Waals surface area contributed by atoms with Gasteiger partial charge in [-0.1, -0.05) is 0 Å². The Bertz CT molecular complexity index is 366. The molecule has 88 valence electrons. The average molecular weight is 222 g/mol. The SMILES string of the molecule is CN(C)C(=O)c1cn[nH]c1[C@@H]1CCCNC1. The fraction of sp³-hybridized carbons (Fsp3) is 0.636. The molecule has 1 aliphatic rings. The number of carbonyl (C=O) groups is 1. The normalized spacial score (nSPS) is 20.8. The Morgan fingerprint density at radius 3 is 3.00 bits per heavy atom. The smallest absolute Gasteiger partial charge is 0.256 e. The van der Waals surface area contributed by atoms with Crippen molar-refractivity contribution in [2.45, 2.75) is 18.8 Å². The molecule has 0 radical (unpaired) electrons. The van der Waals surface area contributed by atoms with Gasteiger partial charge in [0.05, 0.1) is 17.5 Å². The number of nitrogens with one attached hydrogen (secondary N) is 2. The van der Waals surface area contributed by atoms with Gasteiger partial charge < -0.3 is 10.2 Å². The molecule has 1 atom stereocenters. The summed E-state index contributed by atoms with van der Waals surface area (Å²) in [6.07, 6.45) is 3.90. The van der Waals surface area contributed by atoms with Crippen molar-refractivity contribution in [1.29, 1.82) is 0 Å². The standard InChI is InChI=1S/C11H18N4O/c1-15(2)11(16)9-7-13-14-10(9)8-4-3-5-12-6-8/h7-8,12H,3-6H2,1-2H3,(H,13,14)/t8-/m1/s1. The maximum atomic E-state index is 11.9. The van der Waals surface area contributed by atoms with E-state index in [1.54, 1.807) is 25.2 Å². The van der Waals surface area contributed by atoms with Crippen LogP contribution in [-0.4, -0.2) is 48.2 Å². The second-order valence-electron chi connectivity index (χ2n) is 4.44. The lowest BCUT2D eigenvalue weighted by molar-refractivity contribution is 0.0826. The van der Waals surface area contributed by atoms with Gasteiger partial charge >= 0.3 is 0 Å². The molecule has 1 amide bonds. The summed E-state index contributed by atoms with van der Waals surface area (Å²) in [5, 5.41) is 10.3. The predicted molar refractivity (Wildman–Crippen MR) is 61.4 cm³/mol. The van der Waals surface area contributed by atoms with E-state index in [-0.39, 0.29) is 5.91 Å². The van der Waals surface area contributed by atoms with Crippen molar-refractivity contribution < 1.29 is 4.79 Å². The first-order valence-corrected chi connectivity index (χ1v) is 5.65. The molecule has 0 saturated carbocycles. The molecule has 1 fully saturated rings. The van der Waals surface area contributed by atoms with Crippen LogP contribution in [0.15, 0.2) is 6.20 Å². The minimum Gasteiger partial charge on any atom is -0.345 e. The monoisotopic (exact) mass is 222 g/mol. The largest absolute Gasteiger partial charge is 0.345 e. The third-order valence-electron chi connectivity index (χ3n) is 3.01. The van der Waals surface area contributed by atoms with Crippen molar-refractivity contribution >= 4 is 5.91 Å². The number of aromatic nitrogens is 2. The van der Waals surface area contributed by atoms with Crippen LogP contribution >= 0.6 is 0 Å². The van der Waals surface area contributed by atoms with Crippen molar-refractivity contribution in [3.8, 4) is 0 Å². The zero-order valence-corrected chi connectivity index (χ0v) is 9.79. The first-order valence-electron chi connectivity index (χ1n) is 5.65. The number of rotatable bonds is 2. The van der Waals surface area contributed by atoms with Crippen LogP contribution in [0.1, 0.15) is 34.8 Å². The van der Waals surface area contributed by atoms with Gasteiger partial charge in [-0.15, -0.1) is 0 Å². The second-order valence-corrected chi connectivity index (χ2v) is 4.44. The Balaban J connectivity index is 2.21. The highest BCUT2D eigenvalue weighted by molar-refractivity contribution is 5.94. The molecule has 2 rings (SSSR count). The first kappa shape index (κ1) is 11.1. The maximum absolute atomic E-state index is 11.9. The fourth-order valence-electron chi connectivity index (χ4n) is 2.12. The summed E-state index contributed by atoms with van der Waals surface area (Å²) in [6, 6.07) is 0. The molecule has 2 N–H and O–H groups in total. The Morgan fingerprint density at radius 2 is 2.38 bits per heavy atom. The van der Waals surface area contributed by atoms with Gasteiger partial charge in [-0.05, 0) is 19.4 Å². The molecule has 5 nitrogen and oxygen atoms in total. The van der Waals surface area contributed by atoms with Crippen LogP contribution in [0.3, 0.4) is 0 Å². The molecular weight excluding hydrogens is 204 g/mol.